The lowest BCUT2D eigenvalue weighted by Crippen LogP contribution is -2.55. The Morgan fingerprint density at radius 1 is 1.09 bits per heavy atom. The molecule has 3 aliphatic rings. The Labute approximate surface area is 332 Å². The van der Waals surface area contributed by atoms with Crippen LogP contribution in [0.15, 0.2) is 53.9 Å². The molecule has 17 nitrogen and oxygen atoms in total. The maximum absolute atomic E-state index is 14.2. The number of aliphatic imine (C=N–C) groups is 1. The Bertz CT molecular complexity index is 2170. The van der Waals surface area contributed by atoms with E-state index in [1.807, 2.05) is 25.2 Å². The number of hydrogen-bond acceptors (Lipinski definition) is 12. The quantitative estimate of drug-likeness (QED) is 0.0581. The van der Waals surface area contributed by atoms with Crippen molar-refractivity contribution in [3.63, 3.8) is 0 Å². The number of ether oxygens (including phenoxy) is 2. The number of nitrogens with zero attached hydrogens (tertiary/aromatic N) is 11. The summed E-state index contributed by atoms with van der Waals surface area (Å²) in [6.45, 7) is 5.05. The van der Waals surface area contributed by atoms with Crippen molar-refractivity contribution in [1.29, 1.82) is 5.26 Å². The first-order chi connectivity index (χ1) is 27.7. The molecule has 1 aliphatic carbocycles. The fourth-order valence-corrected chi connectivity index (χ4v) is 8.90. The molecule has 4 aromatic rings. The number of guanidine groups is 1. The Morgan fingerprint density at radius 3 is 2.53 bits per heavy atom. The van der Waals surface area contributed by atoms with Crippen LogP contribution in [0.5, 0.6) is 11.5 Å². The van der Waals surface area contributed by atoms with E-state index in [1.165, 1.54) is 23.5 Å². The number of nitriles is 1. The van der Waals surface area contributed by atoms with Gasteiger partial charge in [0.2, 0.25) is 18.1 Å². The molecule has 17 heteroatoms. The summed E-state index contributed by atoms with van der Waals surface area (Å²) in [5.41, 5.74) is 3.48. The summed E-state index contributed by atoms with van der Waals surface area (Å²) >= 11 is 0. The van der Waals surface area contributed by atoms with Crippen LogP contribution in [0.3, 0.4) is 0 Å². The minimum Gasteiger partial charge on any atom is -0.493 e. The summed E-state index contributed by atoms with van der Waals surface area (Å²) < 4.78 is 13.1. The van der Waals surface area contributed by atoms with E-state index < -0.39 is 0 Å². The molecule has 1 saturated carbocycles. The summed E-state index contributed by atoms with van der Waals surface area (Å²) in [4.78, 5) is 46.9. The van der Waals surface area contributed by atoms with Gasteiger partial charge in [0.15, 0.2) is 17.1 Å². The van der Waals surface area contributed by atoms with E-state index in [-0.39, 0.29) is 34.5 Å². The van der Waals surface area contributed by atoms with E-state index in [2.05, 4.69) is 47.3 Å². The standard InChI is InChI=1S/C40H50N12O5/c1-47(2)39(43-26-41)42-15-7-16-50-17-12-29-22-34(56-3)35(57-4)23-32(29)40(50)13-10-28(11-14-40)38(53)49-20-18-48(19-21-49)36-31-24-46-51(37(31)45-27-44-36)25-30-8-5-6-9-33(30)52(54)55/h5-6,8-9,22-24,27-28H,7,10-21,25H2,1-4H3,(H,42,43). The highest BCUT2D eigenvalue weighted by molar-refractivity contribution is 5.87. The lowest BCUT2D eigenvalue weighted by molar-refractivity contribution is -0.385. The van der Waals surface area contributed by atoms with E-state index >= 15 is 0 Å². The molecular weight excluding hydrogens is 729 g/mol. The zero-order chi connectivity index (χ0) is 40.1. The van der Waals surface area contributed by atoms with Gasteiger partial charge in [0.25, 0.3) is 5.69 Å². The smallest absolute Gasteiger partial charge is 0.274 e. The van der Waals surface area contributed by atoms with Crippen molar-refractivity contribution in [2.24, 2.45) is 10.9 Å². The Kier molecular flexibility index (Phi) is 11.7. The predicted octanol–water partition coefficient (Wildman–Crippen LogP) is 3.77. The van der Waals surface area contributed by atoms with Crippen LogP contribution in [-0.2, 0) is 23.3 Å². The molecule has 7 rings (SSSR count). The van der Waals surface area contributed by atoms with E-state index in [0.717, 1.165) is 68.6 Å². The number of methoxy groups -OCH3 is 2. The first-order valence-corrected chi connectivity index (χ1v) is 19.5. The second-order valence-electron chi connectivity index (χ2n) is 15.1. The number of nitro groups is 1. The van der Waals surface area contributed by atoms with Gasteiger partial charge in [-0.1, -0.05) is 18.2 Å². The van der Waals surface area contributed by atoms with Crippen LogP contribution < -0.4 is 19.7 Å². The largest absolute Gasteiger partial charge is 0.493 e. The van der Waals surface area contributed by atoms with Crippen molar-refractivity contribution in [3.05, 3.63) is 75.7 Å². The SMILES string of the molecule is COc1cc2c(cc1OC)C1(CCC(C(=O)N3CCN(c4ncnc5c4cnn5Cc4ccccc4[N+](=O)[O-])CC3)CC1)N(CCCNC(=NC#N)N(C)C)CC2. The zero-order valence-electron chi connectivity index (χ0n) is 33.1. The minimum atomic E-state index is -0.384. The summed E-state index contributed by atoms with van der Waals surface area (Å²) in [5, 5.41) is 29.3. The monoisotopic (exact) mass is 778 g/mol. The molecule has 300 valence electrons. The number of aromatic nitrogens is 4. The first kappa shape index (κ1) is 39.2. The molecule has 0 unspecified atom stereocenters. The van der Waals surface area contributed by atoms with Gasteiger partial charge in [-0.2, -0.15) is 10.4 Å². The van der Waals surface area contributed by atoms with Crippen LogP contribution in [-0.4, -0.2) is 125 Å². The van der Waals surface area contributed by atoms with Crippen LogP contribution in [0, 0.1) is 27.5 Å². The van der Waals surface area contributed by atoms with Crippen LogP contribution in [0.2, 0.25) is 0 Å². The number of para-hydroxylation sites is 1. The average Bonchev–Trinajstić information content (AvgIpc) is 3.65. The number of nitro benzene ring substituents is 1. The molecule has 2 fully saturated rings. The summed E-state index contributed by atoms with van der Waals surface area (Å²) in [7, 11) is 7.06. The highest BCUT2D eigenvalue weighted by atomic mass is 16.6. The minimum absolute atomic E-state index is 0.0395. The number of amides is 1. The molecule has 57 heavy (non-hydrogen) atoms. The number of hydrogen-bond donors (Lipinski definition) is 1. The number of benzene rings is 2. The number of anilines is 1. The van der Waals surface area contributed by atoms with Crippen molar-refractivity contribution < 1.29 is 19.2 Å². The molecule has 2 aromatic carbocycles. The molecule has 0 bridgehead atoms. The number of nitrogens with one attached hydrogen (secondary N) is 1. The normalized spacial score (nSPS) is 19.9. The van der Waals surface area contributed by atoms with Gasteiger partial charge in [-0.05, 0) is 61.8 Å². The van der Waals surface area contributed by atoms with Gasteiger partial charge >= 0.3 is 0 Å². The third-order valence-electron chi connectivity index (χ3n) is 11.8. The zero-order valence-corrected chi connectivity index (χ0v) is 33.1. The van der Waals surface area contributed by atoms with Crippen molar-refractivity contribution in [2.45, 2.75) is 50.6 Å². The molecule has 1 N–H and O–H groups in total. The highest BCUT2D eigenvalue weighted by Gasteiger charge is 2.47. The van der Waals surface area contributed by atoms with E-state index in [1.54, 1.807) is 48.2 Å². The third kappa shape index (κ3) is 7.86. The maximum Gasteiger partial charge on any atom is 0.274 e. The van der Waals surface area contributed by atoms with E-state index in [0.29, 0.717) is 55.6 Å². The summed E-state index contributed by atoms with van der Waals surface area (Å²) in [5.74, 6) is 2.88. The van der Waals surface area contributed by atoms with E-state index in [4.69, 9.17) is 14.7 Å². The van der Waals surface area contributed by atoms with Gasteiger partial charge in [0.1, 0.15) is 12.1 Å². The molecule has 0 radical (unpaired) electrons. The summed E-state index contributed by atoms with van der Waals surface area (Å²) in [6, 6.07) is 10.9. The Morgan fingerprint density at radius 2 is 1.82 bits per heavy atom. The highest BCUT2D eigenvalue weighted by Crippen LogP contribution is 2.50. The van der Waals surface area contributed by atoms with Gasteiger partial charge in [0, 0.05) is 77.4 Å². The van der Waals surface area contributed by atoms with E-state index in [9.17, 15) is 14.9 Å². The van der Waals surface area contributed by atoms with Gasteiger partial charge in [0.05, 0.1) is 42.8 Å². The Balaban J connectivity index is 1.02. The predicted molar refractivity (Wildman–Crippen MR) is 214 cm³/mol. The molecule has 4 heterocycles. The van der Waals surface area contributed by atoms with Crippen molar-refractivity contribution in [3.8, 4) is 17.7 Å². The van der Waals surface area contributed by atoms with Gasteiger partial charge in [-0.3, -0.25) is 19.8 Å². The first-order valence-electron chi connectivity index (χ1n) is 19.5. The second kappa shape index (κ2) is 17.0. The Hall–Kier alpha value is -6.02. The second-order valence-corrected chi connectivity index (χ2v) is 15.1. The van der Waals surface area contributed by atoms with Crippen molar-refractivity contribution in [2.75, 3.05) is 79.0 Å². The average molecular weight is 779 g/mol. The van der Waals surface area contributed by atoms with Gasteiger partial charge in [-0.25, -0.2) is 14.6 Å². The molecule has 2 aromatic heterocycles. The molecule has 1 saturated heterocycles. The molecule has 0 atom stereocenters. The number of carbonyl (C=O) groups is 1. The molecule has 1 spiro atoms. The fourth-order valence-electron chi connectivity index (χ4n) is 8.90. The lowest BCUT2D eigenvalue weighted by Gasteiger charge is -2.52. The maximum atomic E-state index is 14.2. The van der Waals surface area contributed by atoms with Crippen molar-refractivity contribution in [1.82, 2.24) is 39.8 Å². The fraction of sp³-hybridized carbons (Fsp3) is 0.500. The third-order valence-corrected chi connectivity index (χ3v) is 11.8. The lowest BCUT2D eigenvalue weighted by atomic mass is 9.68. The van der Waals surface area contributed by atoms with Crippen LogP contribution in [0.4, 0.5) is 11.5 Å². The van der Waals surface area contributed by atoms with Gasteiger partial charge < -0.3 is 29.5 Å². The van der Waals surface area contributed by atoms with Gasteiger partial charge in [-0.15, -0.1) is 4.99 Å². The number of carbonyl (C=O) groups excluding carboxylic acids is 1. The molecule has 2 aliphatic heterocycles. The van der Waals surface area contributed by atoms with Crippen LogP contribution in [0.25, 0.3) is 11.0 Å². The van der Waals surface area contributed by atoms with Crippen LogP contribution in [0.1, 0.15) is 48.8 Å². The number of rotatable bonds is 11. The van der Waals surface area contributed by atoms with Crippen molar-refractivity contribution >= 4 is 34.4 Å². The number of fused-ring (bicyclic) bond motifs is 3. The summed E-state index contributed by atoms with van der Waals surface area (Å²) in [6.07, 6.45) is 10.1. The molecule has 1 amide bonds. The molecular formula is C40H50N12O5. The number of piperazine rings is 1. The topological polar surface area (TPSA) is 183 Å². The van der Waals surface area contributed by atoms with Crippen LogP contribution >= 0.6 is 0 Å².